The van der Waals surface area contributed by atoms with Gasteiger partial charge in [-0.1, -0.05) is 23.2 Å². The van der Waals surface area contributed by atoms with E-state index < -0.39 is 12.8 Å². The molecule has 0 amide bonds. The molecule has 3 nitrogen and oxygen atoms in total. The highest BCUT2D eigenvalue weighted by Gasteiger charge is 2.27. The Morgan fingerprint density at radius 1 is 1.20 bits per heavy atom. The highest BCUT2D eigenvalue weighted by Crippen LogP contribution is 2.16. The fourth-order valence-corrected chi connectivity index (χ4v) is 1.21. The summed E-state index contributed by atoms with van der Waals surface area (Å²) in [6.07, 6.45) is -4.37. The summed E-state index contributed by atoms with van der Waals surface area (Å²) in [4.78, 5) is 7.26. The van der Waals surface area contributed by atoms with Crippen LogP contribution in [0.15, 0.2) is 6.07 Å². The van der Waals surface area contributed by atoms with Crippen molar-refractivity contribution < 1.29 is 17.9 Å². The monoisotopic (exact) mass is 260 g/mol. The largest absolute Gasteiger partial charge is 0.411 e. The van der Waals surface area contributed by atoms with E-state index in [0.717, 1.165) is 0 Å². The summed E-state index contributed by atoms with van der Waals surface area (Å²) in [7, 11) is 0. The third-order valence-electron chi connectivity index (χ3n) is 1.21. The molecule has 15 heavy (non-hydrogen) atoms. The maximum absolute atomic E-state index is 11.7. The van der Waals surface area contributed by atoms with Crippen LogP contribution in [-0.2, 0) is 11.3 Å². The Labute approximate surface area is 93.2 Å². The fourth-order valence-electron chi connectivity index (χ4n) is 0.757. The van der Waals surface area contributed by atoms with Crippen LogP contribution in [0.25, 0.3) is 0 Å². The summed E-state index contributed by atoms with van der Waals surface area (Å²) in [5.41, 5.74) is 0. The van der Waals surface area contributed by atoms with Crippen LogP contribution in [0.3, 0.4) is 0 Å². The molecule has 1 heterocycles. The van der Waals surface area contributed by atoms with E-state index in [2.05, 4.69) is 14.7 Å². The van der Waals surface area contributed by atoms with Crippen molar-refractivity contribution in [3.63, 3.8) is 0 Å². The molecule has 0 saturated carbocycles. The molecule has 0 aliphatic heterocycles. The molecule has 0 aromatic carbocycles. The molecule has 0 aliphatic rings. The van der Waals surface area contributed by atoms with Gasteiger partial charge in [0.15, 0.2) is 5.82 Å². The van der Waals surface area contributed by atoms with Gasteiger partial charge >= 0.3 is 6.18 Å². The number of ether oxygens (including phenoxy) is 1. The molecule has 1 aromatic heterocycles. The standard InChI is InChI=1S/C7H5Cl2F3N2O/c8-4-1-5(9)14-6(13-4)2-15-3-7(10,11)12/h1H,2-3H2. The molecule has 0 saturated heterocycles. The van der Waals surface area contributed by atoms with Gasteiger partial charge in [0, 0.05) is 6.07 Å². The number of hydrogen-bond acceptors (Lipinski definition) is 3. The van der Waals surface area contributed by atoms with Crippen LogP contribution in [0.1, 0.15) is 5.82 Å². The molecular formula is C7H5Cl2F3N2O. The Balaban J connectivity index is 2.51. The lowest BCUT2D eigenvalue weighted by atomic mass is 10.6. The van der Waals surface area contributed by atoms with Crippen LogP contribution < -0.4 is 0 Å². The van der Waals surface area contributed by atoms with Crippen molar-refractivity contribution in [3.05, 3.63) is 22.2 Å². The summed E-state index contributed by atoms with van der Waals surface area (Å²) >= 11 is 11.0. The van der Waals surface area contributed by atoms with Crippen molar-refractivity contribution in [3.8, 4) is 0 Å². The minimum Gasteiger partial charge on any atom is -0.364 e. The van der Waals surface area contributed by atoms with E-state index in [1.807, 2.05) is 0 Å². The lowest BCUT2D eigenvalue weighted by molar-refractivity contribution is -0.177. The second-order valence-electron chi connectivity index (χ2n) is 2.54. The average Bonchev–Trinajstić information content (AvgIpc) is 1.99. The highest BCUT2D eigenvalue weighted by atomic mass is 35.5. The molecule has 0 bridgehead atoms. The van der Waals surface area contributed by atoms with Gasteiger partial charge in [0.05, 0.1) is 0 Å². The summed E-state index contributed by atoms with van der Waals surface area (Å²) in [5, 5.41) is 0.112. The maximum atomic E-state index is 11.7. The Kier molecular flexibility index (Phi) is 4.12. The number of halogens is 5. The lowest BCUT2D eigenvalue weighted by Gasteiger charge is -2.06. The predicted molar refractivity (Wildman–Crippen MR) is 47.8 cm³/mol. The molecule has 0 unspecified atom stereocenters. The molecule has 0 aliphatic carbocycles. The van der Waals surface area contributed by atoms with E-state index in [0.29, 0.717) is 0 Å². The predicted octanol–water partition coefficient (Wildman–Crippen LogP) is 2.86. The minimum atomic E-state index is -4.37. The highest BCUT2D eigenvalue weighted by molar-refractivity contribution is 6.33. The summed E-state index contributed by atoms with van der Waals surface area (Å²) in [6.45, 7) is -1.75. The summed E-state index contributed by atoms with van der Waals surface area (Å²) < 4.78 is 39.4. The topological polar surface area (TPSA) is 35.0 Å². The molecule has 0 N–H and O–H groups in total. The number of nitrogens with zero attached hydrogens (tertiary/aromatic N) is 2. The van der Waals surface area contributed by atoms with E-state index in [1.54, 1.807) is 0 Å². The normalized spacial score (nSPS) is 11.8. The third kappa shape index (κ3) is 5.15. The number of hydrogen-bond donors (Lipinski definition) is 0. The van der Waals surface area contributed by atoms with Crippen molar-refractivity contribution in [2.75, 3.05) is 6.61 Å². The van der Waals surface area contributed by atoms with Gasteiger partial charge in [0.25, 0.3) is 0 Å². The van der Waals surface area contributed by atoms with Gasteiger partial charge in [0.2, 0.25) is 0 Å². The van der Waals surface area contributed by atoms with Crippen LogP contribution in [0.2, 0.25) is 10.3 Å². The second kappa shape index (κ2) is 4.96. The SMILES string of the molecule is FC(F)(F)COCc1nc(Cl)cc(Cl)n1. The molecule has 0 fully saturated rings. The Morgan fingerprint density at radius 3 is 2.20 bits per heavy atom. The van der Waals surface area contributed by atoms with Crippen molar-refractivity contribution in [1.82, 2.24) is 9.97 Å². The van der Waals surface area contributed by atoms with Gasteiger partial charge in [-0.05, 0) is 0 Å². The number of aromatic nitrogens is 2. The van der Waals surface area contributed by atoms with Crippen LogP contribution in [0, 0.1) is 0 Å². The second-order valence-corrected chi connectivity index (χ2v) is 3.31. The number of rotatable bonds is 3. The quantitative estimate of drug-likeness (QED) is 0.784. The molecule has 8 heteroatoms. The van der Waals surface area contributed by atoms with Crippen molar-refractivity contribution in [2.45, 2.75) is 12.8 Å². The van der Waals surface area contributed by atoms with Crippen LogP contribution in [0.4, 0.5) is 13.2 Å². The average molecular weight is 261 g/mol. The maximum Gasteiger partial charge on any atom is 0.411 e. The first-order valence-corrected chi connectivity index (χ1v) is 4.46. The zero-order valence-electron chi connectivity index (χ0n) is 7.18. The zero-order valence-corrected chi connectivity index (χ0v) is 8.70. The van der Waals surface area contributed by atoms with E-state index in [1.165, 1.54) is 6.07 Å². The van der Waals surface area contributed by atoms with Crippen LogP contribution in [-0.4, -0.2) is 22.8 Å². The van der Waals surface area contributed by atoms with Gasteiger partial charge in [-0.25, -0.2) is 9.97 Å². The van der Waals surface area contributed by atoms with Gasteiger partial charge in [0.1, 0.15) is 23.5 Å². The molecule has 1 rings (SSSR count). The zero-order chi connectivity index (χ0) is 11.5. The number of alkyl halides is 3. The lowest BCUT2D eigenvalue weighted by Crippen LogP contribution is -2.17. The van der Waals surface area contributed by atoms with E-state index in [9.17, 15) is 13.2 Å². The summed E-state index contributed by atoms with van der Waals surface area (Å²) in [6, 6.07) is 1.27. The smallest absolute Gasteiger partial charge is 0.364 e. The van der Waals surface area contributed by atoms with E-state index >= 15 is 0 Å². The molecular weight excluding hydrogens is 256 g/mol. The Bertz CT molecular complexity index is 325. The fraction of sp³-hybridized carbons (Fsp3) is 0.429. The first kappa shape index (κ1) is 12.5. The van der Waals surface area contributed by atoms with Crippen molar-refractivity contribution in [2.24, 2.45) is 0 Å². The first-order chi connectivity index (χ1) is 6.87. The van der Waals surface area contributed by atoms with E-state index in [-0.39, 0.29) is 22.7 Å². The van der Waals surface area contributed by atoms with Gasteiger partial charge in [-0.15, -0.1) is 0 Å². The molecule has 0 atom stereocenters. The molecule has 84 valence electrons. The molecule has 0 radical (unpaired) electrons. The van der Waals surface area contributed by atoms with Crippen LogP contribution >= 0.6 is 23.2 Å². The van der Waals surface area contributed by atoms with Crippen molar-refractivity contribution in [1.29, 1.82) is 0 Å². The molecule has 1 aromatic rings. The van der Waals surface area contributed by atoms with Gasteiger partial charge < -0.3 is 4.74 Å². The Morgan fingerprint density at radius 2 is 1.73 bits per heavy atom. The van der Waals surface area contributed by atoms with Crippen molar-refractivity contribution >= 4 is 23.2 Å². The first-order valence-electron chi connectivity index (χ1n) is 3.70. The Hall–Kier alpha value is -0.590. The van der Waals surface area contributed by atoms with E-state index in [4.69, 9.17) is 23.2 Å². The summed E-state index contributed by atoms with van der Waals surface area (Å²) in [5.74, 6) is 0.0109. The van der Waals surface area contributed by atoms with Gasteiger partial charge in [-0.2, -0.15) is 13.2 Å². The van der Waals surface area contributed by atoms with Gasteiger partial charge in [-0.3, -0.25) is 0 Å². The molecule has 0 spiro atoms. The van der Waals surface area contributed by atoms with Crippen LogP contribution in [0.5, 0.6) is 0 Å². The minimum absolute atomic E-state index is 0.0109. The third-order valence-corrected chi connectivity index (χ3v) is 1.59.